The third-order valence-electron chi connectivity index (χ3n) is 8.88. The van der Waals surface area contributed by atoms with Gasteiger partial charge in [-0.3, -0.25) is 0 Å². The van der Waals surface area contributed by atoms with Gasteiger partial charge in [-0.05, 0) is 79.4 Å². The van der Waals surface area contributed by atoms with Gasteiger partial charge in [0.15, 0.2) is 0 Å². The summed E-state index contributed by atoms with van der Waals surface area (Å²) in [5.74, 6) is 1.47. The highest BCUT2D eigenvalue weighted by atomic mass is 16.3. The molecule has 0 heterocycles. The molecule has 0 aliphatic heterocycles. The third-order valence-corrected chi connectivity index (χ3v) is 8.88. The highest BCUT2D eigenvalue weighted by Gasteiger charge is 2.64. The molecule has 2 N–H and O–H groups in total. The molecule has 4 aliphatic carbocycles. The number of fused-ring (bicyclic) bond motifs is 5. The van der Waals surface area contributed by atoms with Crippen molar-refractivity contribution in [1.29, 1.82) is 0 Å². The van der Waals surface area contributed by atoms with E-state index in [2.05, 4.69) is 26.8 Å². The Labute approximate surface area is 135 Å². The molecule has 0 aromatic heterocycles. The molecule has 0 aromatic rings. The number of rotatable bonds is 0. The van der Waals surface area contributed by atoms with Gasteiger partial charge in [0, 0.05) is 0 Å². The van der Waals surface area contributed by atoms with Crippen molar-refractivity contribution < 1.29 is 10.2 Å². The van der Waals surface area contributed by atoms with E-state index in [0.29, 0.717) is 11.3 Å². The van der Waals surface area contributed by atoms with E-state index in [1.807, 2.05) is 0 Å². The summed E-state index contributed by atoms with van der Waals surface area (Å²) >= 11 is 0. The van der Waals surface area contributed by atoms with Crippen LogP contribution in [0.5, 0.6) is 0 Å². The van der Waals surface area contributed by atoms with Gasteiger partial charge < -0.3 is 10.2 Å². The maximum atomic E-state index is 10.6. The van der Waals surface area contributed by atoms with Crippen LogP contribution in [0.4, 0.5) is 0 Å². The zero-order valence-corrected chi connectivity index (χ0v) is 14.4. The minimum absolute atomic E-state index is 0.107. The zero-order valence-electron chi connectivity index (χ0n) is 14.4. The van der Waals surface area contributed by atoms with Gasteiger partial charge in [0.1, 0.15) is 0 Å². The van der Waals surface area contributed by atoms with Crippen LogP contribution in [0.25, 0.3) is 0 Å². The van der Waals surface area contributed by atoms with E-state index >= 15 is 0 Å². The first kappa shape index (κ1) is 15.2. The fraction of sp³-hybridized carbons (Fsp3) is 0.900. The average Bonchev–Trinajstić information content (AvgIpc) is 2.72. The summed E-state index contributed by atoms with van der Waals surface area (Å²) in [6.07, 6.45) is 11.1. The van der Waals surface area contributed by atoms with Crippen LogP contribution in [0, 0.1) is 28.1 Å². The fourth-order valence-corrected chi connectivity index (χ4v) is 7.00. The maximum absolute atomic E-state index is 10.6. The van der Waals surface area contributed by atoms with E-state index in [0.717, 1.165) is 31.6 Å². The molecule has 0 radical (unpaired) electrons. The molecule has 0 bridgehead atoms. The molecule has 0 amide bonds. The largest absolute Gasteiger partial charge is 0.393 e. The molecule has 0 saturated heterocycles. The Balaban J connectivity index is 1.73. The highest BCUT2D eigenvalue weighted by molar-refractivity contribution is 5.26. The van der Waals surface area contributed by atoms with Crippen molar-refractivity contribution in [3.63, 3.8) is 0 Å². The van der Waals surface area contributed by atoms with Crippen molar-refractivity contribution in [3.05, 3.63) is 11.6 Å². The summed E-state index contributed by atoms with van der Waals surface area (Å²) in [4.78, 5) is 0. The first-order valence-electron chi connectivity index (χ1n) is 9.37. The minimum Gasteiger partial charge on any atom is -0.393 e. The molecule has 2 nitrogen and oxygen atoms in total. The van der Waals surface area contributed by atoms with Crippen molar-refractivity contribution in [3.8, 4) is 0 Å². The van der Waals surface area contributed by atoms with Crippen LogP contribution in [-0.4, -0.2) is 22.4 Å². The molecule has 124 valence electrons. The van der Waals surface area contributed by atoms with Gasteiger partial charge in [0.2, 0.25) is 0 Å². The molecular weight excluding hydrogens is 272 g/mol. The third kappa shape index (κ3) is 1.69. The number of allylic oxidation sites excluding steroid dienone is 1. The van der Waals surface area contributed by atoms with Crippen LogP contribution in [0.1, 0.15) is 72.1 Å². The number of aliphatic hydroxyl groups is 2. The molecular formula is C20H32O2. The van der Waals surface area contributed by atoms with Crippen LogP contribution < -0.4 is 0 Å². The lowest BCUT2D eigenvalue weighted by atomic mass is 9.43. The lowest BCUT2D eigenvalue weighted by molar-refractivity contribution is -0.124. The molecule has 22 heavy (non-hydrogen) atoms. The minimum atomic E-state index is -0.117. The number of hydrogen-bond donors (Lipinski definition) is 2. The molecule has 3 fully saturated rings. The zero-order chi connectivity index (χ0) is 15.8. The van der Waals surface area contributed by atoms with E-state index in [1.54, 1.807) is 5.57 Å². The fourth-order valence-electron chi connectivity index (χ4n) is 7.00. The van der Waals surface area contributed by atoms with Crippen LogP contribution >= 0.6 is 0 Å². The molecule has 3 saturated carbocycles. The van der Waals surface area contributed by atoms with Gasteiger partial charge in [0.05, 0.1) is 12.2 Å². The second-order valence-corrected chi connectivity index (χ2v) is 9.42. The summed E-state index contributed by atoms with van der Waals surface area (Å²) in [6, 6.07) is 0. The Bertz CT molecular complexity index is 512. The van der Waals surface area contributed by atoms with E-state index in [1.165, 1.54) is 25.7 Å². The van der Waals surface area contributed by atoms with Crippen molar-refractivity contribution in [2.45, 2.75) is 84.3 Å². The normalized spacial score (nSPS) is 57.6. The Morgan fingerprint density at radius 1 is 0.909 bits per heavy atom. The second kappa shape index (κ2) is 4.60. The topological polar surface area (TPSA) is 40.5 Å². The Kier molecular flexibility index (Phi) is 3.18. The van der Waals surface area contributed by atoms with Crippen LogP contribution in [0.3, 0.4) is 0 Å². The molecule has 2 heteroatoms. The lowest BCUT2D eigenvalue weighted by Crippen LogP contribution is -2.56. The first-order chi connectivity index (χ1) is 10.3. The van der Waals surface area contributed by atoms with Crippen molar-refractivity contribution in [2.24, 2.45) is 28.1 Å². The van der Waals surface area contributed by atoms with Crippen molar-refractivity contribution >= 4 is 0 Å². The van der Waals surface area contributed by atoms with E-state index < -0.39 is 0 Å². The molecule has 0 unspecified atom stereocenters. The Morgan fingerprint density at radius 2 is 1.64 bits per heavy atom. The van der Waals surface area contributed by atoms with Gasteiger partial charge in [-0.15, -0.1) is 0 Å². The highest BCUT2D eigenvalue weighted by Crippen LogP contribution is 2.70. The van der Waals surface area contributed by atoms with Crippen LogP contribution in [0.15, 0.2) is 11.6 Å². The Hall–Kier alpha value is -0.340. The van der Waals surface area contributed by atoms with E-state index in [9.17, 15) is 10.2 Å². The number of hydrogen-bond acceptors (Lipinski definition) is 2. The molecule has 4 aliphatic rings. The summed E-state index contributed by atoms with van der Waals surface area (Å²) in [5.41, 5.74) is 2.25. The molecule has 0 aromatic carbocycles. The van der Waals surface area contributed by atoms with E-state index in [4.69, 9.17) is 0 Å². The van der Waals surface area contributed by atoms with E-state index in [-0.39, 0.29) is 23.0 Å². The van der Waals surface area contributed by atoms with Gasteiger partial charge in [-0.25, -0.2) is 0 Å². The predicted molar refractivity (Wildman–Crippen MR) is 88.3 cm³/mol. The molecule has 0 spiro atoms. The summed E-state index contributed by atoms with van der Waals surface area (Å²) in [7, 11) is 0. The SMILES string of the molecule is C[C@]12CC[C@H](O)CC1=CC[C@@H]1[C@@H]2CC[C@@]2(C)[C@@H](O)CC[C@@]12C. The second-order valence-electron chi connectivity index (χ2n) is 9.42. The summed E-state index contributed by atoms with van der Waals surface area (Å²) < 4.78 is 0. The Morgan fingerprint density at radius 3 is 2.41 bits per heavy atom. The predicted octanol–water partition coefficient (Wildman–Crippen LogP) is 4.06. The first-order valence-corrected chi connectivity index (χ1v) is 9.37. The summed E-state index contributed by atoms with van der Waals surface area (Å²) in [5, 5.41) is 20.7. The quantitative estimate of drug-likeness (QED) is 0.663. The smallest absolute Gasteiger partial charge is 0.0599 e. The van der Waals surface area contributed by atoms with Crippen LogP contribution in [0.2, 0.25) is 0 Å². The van der Waals surface area contributed by atoms with Crippen LogP contribution in [-0.2, 0) is 0 Å². The number of aliphatic hydroxyl groups excluding tert-OH is 2. The van der Waals surface area contributed by atoms with Gasteiger partial charge in [0.25, 0.3) is 0 Å². The van der Waals surface area contributed by atoms with Crippen molar-refractivity contribution in [2.75, 3.05) is 0 Å². The maximum Gasteiger partial charge on any atom is 0.0599 e. The standard InChI is InChI=1S/C20H32O2/c1-18-9-6-14(21)12-13(18)4-5-16-15(18)7-10-20(3)17(22)8-11-19(16,20)2/h4,14-17,21-22H,5-12H2,1-3H3/t14-,15-,16+,17-,18-,19-,20-/m0/s1. The summed E-state index contributed by atoms with van der Waals surface area (Å²) in [6.45, 7) is 7.30. The average molecular weight is 304 g/mol. The van der Waals surface area contributed by atoms with Gasteiger partial charge >= 0.3 is 0 Å². The molecule has 4 rings (SSSR count). The monoisotopic (exact) mass is 304 g/mol. The van der Waals surface area contributed by atoms with Gasteiger partial charge in [-0.1, -0.05) is 32.4 Å². The lowest BCUT2D eigenvalue weighted by Gasteiger charge is -2.62. The van der Waals surface area contributed by atoms with Crippen molar-refractivity contribution in [1.82, 2.24) is 0 Å². The molecule has 7 atom stereocenters. The van der Waals surface area contributed by atoms with Gasteiger partial charge in [-0.2, -0.15) is 0 Å².